The number of carbonyl (C=O) groups is 1. The first-order chi connectivity index (χ1) is 20.5. The van der Waals surface area contributed by atoms with Crippen molar-refractivity contribution < 1.29 is 27.8 Å². The third kappa shape index (κ3) is 6.58. The SMILES string of the molecule is CC(C)(C(=O)O)c1cccc(-c2ccc(CN(Cc3c(C#N)ccc4ccccc34)C[C@@H]3CC=C(C(F)(F)F)O3)cc2)c1. The van der Waals surface area contributed by atoms with Gasteiger partial charge in [-0.05, 0) is 64.6 Å². The lowest BCUT2D eigenvalue weighted by Crippen LogP contribution is -2.32. The van der Waals surface area contributed by atoms with Crippen LogP contribution in [-0.2, 0) is 28.0 Å². The van der Waals surface area contributed by atoms with E-state index in [0.717, 1.165) is 39.1 Å². The molecule has 0 spiro atoms. The maximum Gasteiger partial charge on any atom is 0.448 e. The molecule has 0 saturated heterocycles. The molecule has 8 heteroatoms. The van der Waals surface area contributed by atoms with Crippen LogP contribution >= 0.6 is 0 Å². The fraction of sp³-hybridized carbons (Fsp3) is 0.257. The molecule has 0 unspecified atom stereocenters. The predicted molar refractivity (Wildman–Crippen MR) is 159 cm³/mol. The third-order valence-corrected chi connectivity index (χ3v) is 7.96. The van der Waals surface area contributed by atoms with Gasteiger partial charge in [0.15, 0.2) is 5.76 Å². The highest BCUT2D eigenvalue weighted by atomic mass is 19.4. The summed E-state index contributed by atoms with van der Waals surface area (Å²) >= 11 is 0. The summed E-state index contributed by atoms with van der Waals surface area (Å²) in [6.45, 7) is 4.33. The number of fused-ring (bicyclic) bond motifs is 1. The van der Waals surface area contributed by atoms with Gasteiger partial charge in [-0.1, -0.05) is 78.9 Å². The molecular formula is C35H31F3N2O3. The van der Waals surface area contributed by atoms with Gasteiger partial charge < -0.3 is 9.84 Å². The van der Waals surface area contributed by atoms with Crippen LogP contribution in [0, 0.1) is 11.3 Å². The van der Waals surface area contributed by atoms with E-state index in [9.17, 15) is 28.3 Å². The van der Waals surface area contributed by atoms with Gasteiger partial charge in [-0.15, -0.1) is 0 Å². The van der Waals surface area contributed by atoms with Gasteiger partial charge >= 0.3 is 12.1 Å². The van der Waals surface area contributed by atoms with Crippen LogP contribution in [0.15, 0.2) is 96.8 Å². The number of allylic oxidation sites excluding steroid dienone is 1. The Kier molecular flexibility index (Phi) is 8.30. The van der Waals surface area contributed by atoms with E-state index in [1.807, 2.05) is 77.7 Å². The van der Waals surface area contributed by atoms with Gasteiger partial charge in [-0.3, -0.25) is 9.69 Å². The van der Waals surface area contributed by atoms with E-state index < -0.39 is 29.4 Å². The molecule has 1 N–H and O–H groups in total. The standard InChI is InChI=1S/C35H31F3N2O3/c1-34(2,33(41)42)28-8-5-7-26(18-28)24-12-10-23(11-13-24)20-40(21-29-16-17-32(43-29)35(36,37)38)22-31-27(19-39)15-14-25-6-3-4-9-30(25)31/h3-15,17-18,29H,16,20-22H2,1-2H3,(H,41,42)/t29-/m0/s1. The molecule has 0 radical (unpaired) electrons. The molecule has 0 fully saturated rings. The van der Waals surface area contributed by atoms with E-state index in [1.165, 1.54) is 0 Å². The van der Waals surface area contributed by atoms with E-state index in [2.05, 4.69) is 6.07 Å². The monoisotopic (exact) mass is 584 g/mol. The topological polar surface area (TPSA) is 73.6 Å². The summed E-state index contributed by atoms with van der Waals surface area (Å²) < 4.78 is 45.1. The number of nitrogens with zero attached hydrogens (tertiary/aromatic N) is 2. The Morgan fingerprint density at radius 2 is 1.72 bits per heavy atom. The second-order valence-electron chi connectivity index (χ2n) is 11.3. The van der Waals surface area contributed by atoms with Crippen molar-refractivity contribution in [3.8, 4) is 17.2 Å². The molecule has 4 aromatic rings. The average Bonchev–Trinajstić information content (AvgIpc) is 3.47. The number of hydrogen-bond donors (Lipinski definition) is 1. The number of rotatable bonds is 9. The number of halogens is 3. The van der Waals surface area contributed by atoms with Crippen LogP contribution < -0.4 is 0 Å². The largest absolute Gasteiger partial charge is 0.484 e. The zero-order valence-corrected chi connectivity index (χ0v) is 23.9. The molecular weight excluding hydrogens is 553 g/mol. The fourth-order valence-corrected chi connectivity index (χ4v) is 5.39. The Morgan fingerprint density at radius 3 is 2.40 bits per heavy atom. The number of alkyl halides is 3. The molecule has 0 amide bonds. The number of benzene rings is 4. The second kappa shape index (κ2) is 11.9. The van der Waals surface area contributed by atoms with Crippen molar-refractivity contribution in [2.24, 2.45) is 0 Å². The van der Waals surface area contributed by atoms with E-state index in [4.69, 9.17) is 4.74 Å². The van der Waals surface area contributed by atoms with Crippen molar-refractivity contribution in [3.05, 3.63) is 119 Å². The van der Waals surface area contributed by atoms with Crippen molar-refractivity contribution in [1.29, 1.82) is 5.26 Å². The zero-order chi connectivity index (χ0) is 30.8. The van der Waals surface area contributed by atoms with Gasteiger partial charge in [-0.2, -0.15) is 18.4 Å². The quantitative estimate of drug-likeness (QED) is 0.216. The van der Waals surface area contributed by atoms with E-state index in [1.54, 1.807) is 26.0 Å². The minimum atomic E-state index is -4.53. The lowest BCUT2D eigenvalue weighted by atomic mass is 9.83. The summed E-state index contributed by atoms with van der Waals surface area (Å²) in [7, 11) is 0. The molecule has 1 aliphatic rings. The molecule has 1 aliphatic heterocycles. The van der Waals surface area contributed by atoms with Crippen molar-refractivity contribution in [1.82, 2.24) is 4.90 Å². The average molecular weight is 585 g/mol. The number of aliphatic carboxylic acids is 1. The van der Waals surface area contributed by atoms with Crippen molar-refractivity contribution in [2.45, 2.75) is 51.1 Å². The number of hydrogen-bond acceptors (Lipinski definition) is 4. The summed E-state index contributed by atoms with van der Waals surface area (Å²) in [6.07, 6.45) is -3.96. The molecule has 1 atom stereocenters. The first-order valence-electron chi connectivity index (χ1n) is 14.0. The molecule has 0 aromatic heterocycles. The van der Waals surface area contributed by atoms with Crippen LogP contribution in [0.4, 0.5) is 13.2 Å². The highest BCUT2D eigenvalue weighted by Crippen LogP contribution is 2.34. The summed E-state index contributed by atoms with van der Waals surface area (Å²) in [6, 6.07) is 29.0. The van der Waals surface area contributed by atoms with Crippen LogP contribution in [-0.4, -0.2) is 34.8 Å². The van der Waals surface area contributed by atoms with Gasteiger partial charge in [0.1, 0.15) is 6.10 Å². The summed E-state index contributed by atoms with van der Waals surface area (Å²) in [5, 5.41) is 21.4. The zero-order valence-electron chi connectivity index (χ0n) is 23.9. The minimum absolute atomic E-state index is 0.147. The Balaban J connectivity index is 1.42. The third-order valence-electron chi connectivity index (χ3n) is 7.96. The highest BCUT2D eigenvalue weighted by molar-refractivity contribution is 5.87. The number of carboxylic acids is 1. The van der Waals surface area contributed by atoms with Crippen LogP contribution in [0.5, 0.6) is 0 Å². The predicted octanol–water partition coefficient (Wildman–Crippen LogP) is 7.98. The van der Waals surface area contributed by atoms with Gasteiger partial charge in [0, 0.05) is 26.1 Å². The Hall–Kier alpha value is -4.61. The van der Waals surface area contributed by atoms with Gasteiger partial charge in [0.25, 0.3) is 0 Å². The number of ether oxygens (including phenoxy) is 1. The van der Waals surface area contributed by atoms with Crippen molar-refractivity contribution in [3.63, 3.8) is 0 Å². The molecule has 1 heterocycles. The molecule has 5 rings (SSSR count). The number of carboxylic acid groups (broad SMARTS) is 1. The summed E-state index contributed by atoms with van der Waals surface area (Å²) in [5.74, 6) is -1.87. The van der Waals surface area contributed by atoms with Crippen LogP contribution in [0.25, 0.3) is 21.9 Å². The normalized spacial score (nSPS) is 15.3. The first kappa shape index (κ1) is 29.9. The Labute approximate surface area is 248 Å². The fourth-order valence-electron chi connectivity index (χ4n) is 5.39. The van der Waals surface area contributed by atoms with Gasteiger partial charge in [-0.25, -0.2) is 0 Å². The van der Waals surface area contributed by atoms with Crippen molar-refractivity contribution >= 4 is 16.7 Å². The van der Waals surface area contributed by atoms with Gasteiger partial charge in [0.2, 0.25) is 0 Å². The summed E-state index contributed by atoms with van der Waals surface area (Å²) in [5.41, 5.74) is 3.73. The van der Waals surface area contributed by atoms with Crippen LogP contribution in [0.3, 0.4) is 0 Å². The highest BCUT2D eigenvalue weighted by Gasteiger charge is 2.40. The van der Waals surface area contributed by atoms with Gasteiger partial charge in [0.05, 0.1) is 17.0 Å². The molecule has 5 nitrogen and oxygen atoms in total. The molecule has 0 saturated carbocycles. The van der Waals surface area contributed by atoms with Crippen LogP contribution in [0.2, 0.25) is 0 Å². The lowest BCUT2D eigenvalue weighted by Gasteiger charge is -2.27. The molecule has 0 aliphatic carbocycles. The minimum Gasteiger partial charge on any atom is -0.484 e. The molecule has 0 bridgehead atoms. The Morgan fingerprint density at radius 1 is 0.977 bits per heavy atom. The Bertz CT molecular complexity index is 1720. The van der Waals surface area contributed by atoms with Crippen molar-refractivity contribution in [2.75, 3.05) is 6.54 Å². The smallest absolute Gasteiger partial charge is 0.448 e. The van der Waals surface area contributed by atoms with E-state index in [0.29, 0.717) is 24.2 Å². The second-order valence-corrected chi connectivity index (χ2v) is 11.3. The molecule has 4 aromatic carbocycles. The number of nitriles is 1. The molecule has 43 heavy (non-hydrogen) atoms. The maximum absolute atomic E-state index is 13.3. The maximum atomic E-state index is 13.3. The first-order valence-corrected chi connectivity index (χ1v) is 14.0. The van der Waals surface area contributed by atoms with E-state index >= 15 is 0 Å². The van der Waals surface area contributed by atoms with Crippen LogP contribution in [0.1, 0.15) is 42.5 Å². The lowest BCUT2D eigenvalue weighted by molar-refractivity contribution is -0.142. The molecule has 220 valence electrons. The van der Waals surface area contributed by atoms with E-state index in [-0.39, 0.29) is 13.0 Å². The summed E-state index contributed by atoms with van der Waals surface area (Å²) in [4.78, 5) is 13.8.